The zero-order valence-corrected chi connectivity index (χ0v) is 13.6. The van der Waals surface area contributed by atoms with Crippen LogP contribution in [-0.2, 0) is 20.0 Å². The van der Waals surface area contributed by atoms with E-state index in [2.05, 4.69) is 0 Å². The van der Waals surface area contributed by atoms with Crippen LogP contribution in [-0.4, -0.2) is 49.7 Å². The fourth-order valence-electron chi connectivity index (χ4n) is 2.24. The molecule has 1 unspecified atom stereocenters. The molecule has 0 bridgehead atoms. The molecule has 0 amide bonds. The van der Waals surface area contributed by atoms with E-state index in [1.807, 2.05) is 0 Å². The second kappa shape index (κ2) is 6.10. The summed E-state index contributed by atoms with van der Waals surface area (Å²) in [5, 5.41) is 0. The lowest BCUT2D eigenvalue weighted by Gasteiger charge is -2.24. The number of hydrogen-bond acceptors (Lipinski definition) is 4. The van der Waals surface area contributed by atoms with E-state index in [0.29, 0.717) is 0 Å². The highest BCUT2D eigenvalue weighted by Crippen LogP contribution is 2.40. The van der Waals surface area contributed by atoms with Crippen LogP contribution in [0.5, 0.6) is 0 Å². The minimum Gasteiger partial charge on any atom is -0.203 e. The standard InChI is InChI=1S/C11H10F6N2O4S2/c12-10(13,14)24(20,21)18-6-9(8-4-2-1-3-5-8)19(7-18)25(22,23)11(15,16)17/h1-5,9H,6-7H2. The van der Waals surface area contributed by atoms with E-state index in [-0.39, 0.29) is 14.2 Å². The lowest BCUT2D eigenvalue weighted by molar-refractivity contribution is -0.0502. The van der Waals surface area contributed by atoms with Crippen LogP contribution in [0.4, 0.5) is 26.3 Å². The van der Waals surface area contributed by atoms with Gasteiger partial charge >= 0.3 is 31.1 Å². The minimum atomic E-state index is -6.05. The van der Waals surface area contributed by atoms with Crippen LogP contribution >= 0.6 is 0 Å². The third-order valence-corrected chi connectivity index (χ3v) is 6.54. The van der Waals surface area contributed by atoms with Gasteiger partial charge in [-0.05, 0) is 5.56 Å². The van der Waals surface area contributed by atoms with Crippen LogP contribution in [0.25, 0.3) is 0 Å². The quantitative estimate of drug-likeness (QED) is 0.712. The van der Waals surface area contributed by atoms with Crippen molar-refractivity contribution in [2.75, 3.05) is 13.2 Å². The van der Waals surface area contributed by atoms with Gasteiger partial charge < -0.3 is 0 Å². The van der Waals surface area contributed by atoms with E-state index in [1.165, 1.54) is 30.3 Å². The highest BCUT2D eigenvalue weighted by Gasteiger charge is 2.59. The Morgan fingerprint density at radius 1 is 0.840 bits per heavy atom. The Bertz CT molecular complexity index is 836. The molecule has 14 heteroatoms. The number of benzene rings is 1. The van der Waals surface area contributed by atoms with Gasteiger partial charge in [0.05, 0.1) is 12.7 Å². The number of hydrogen-bond donors (Lipinski definition) is 0. The molecule has 0 N–H and O–H groups in total. The molecular formula is C11H10F6N2O4S2. The smallest absolute Gasteiger partial charge is 0.203 e. The first-order valence-electron chi connectivity index (χ1n) is 6.39. The zero-order chi connectivity index (χ0) is 19.3. The fourth-order valence-corrected chi connectivity index (χ4v) is 4.30. The van der Waals surface area contributed by atoms with Crippen molar-refractivity contribution in [3.05, 3.63) is 35.9 Å². The van der Waals surface area contributed by atoms with Gasteiger partial charge in [0.25, 0.3) is 0 Å². The van der Waals surface area contributed by atoms with E-state index in [9.17, 15) is 43.2 Å². The Labute approximate surface area is 138 Å². The summed E-state index contributed by atoms with van der Waals surface area (Å²) >= 11 is 0. The van der Waals surface area contributed by atoms with Crippen molar-refractivity contribution >= 4 is 20.0 Å². The van der Waals surface area contributed by atoms with E-state index in [0.717, 1.165) is 0 Å². The molecule has 25 heavy (non-hydrogen) atoms. The summed E-state index contributed by atoms with van der Waals surface area (Å²) in [5.74, 6) is 0. The summed E-state index contributed by atoms with van der Waals surface area (Å²) in [5.41, 5.74) is -11.6. The topological polar surface area (TPSA) is 74.8 Å². The van der Waals surface area contributed by atoms with Crippen molar-refractivity contribution in [1.29, 1.82) is 0 Å². The van der Waals surface area contributed by atoms with Gasteiger partial charge in [-0.25, -0.2) is 16.8 Å². The lowest BCUT2D eigenvalue weighted by Crippen LogP contribution is -2.43. The molecule has 0 spiro atoms. The predicted molar refractivity (Wildman–Crippen MR) is 72.5 cm³/mol. The molecule has 0 saturated carbocycles. The van der Waals surface area contributed by atoms with Crippen LogP contribution in [0.3, 0.4) is 0 Å². The SMILES string of the molecule is O=S(=O)(N1CC(c2ccccc2)N(S(=O)(=O)C(F)(F)F)C1)C(F)(F)F. The monoisotopic (exact) mass is 412 g/mol. The van der Waals surface area contributed by atoms with Crippen molar-refractivity contribution in [2.24, 2.45) is 0 Å². The molecule has 0 aromatic heterocycles. The summed E-state index contributed by atoms with van der Waals surface area (Å²) in [6.07, 6.45) is 0. The first kappa shape index (κ1) is 19.9. The molecule has 1 atom stereocenters. The normalized spacial score (nSPS) is 21.6. The molecule has 1 aliphatic rings. The maximum Gasteiger partial charge on any atom is 0.511 e. The molecule has 2 rings (SSSR count). The second-order valence-corrected chi connectivity index (χ2v) is 8.80. The van der Waals surface area contributed by atoms with Crippen LogP contribution in [0.15, 0.2) is 30.3 Å². The first-order chi connectivity index (χ1) is 11.2. The van der Waals surface area contributed by atoms with Crippen LogP contribution < -0.4 is 0 Å². The summed E-state index contributed by atoms with van der Waals surface area (Å²) < 4.78 is 122. The van der Waals surface area contributed by atoms with Gasteiger partial charge in [0.2, 0.25) is 0 Å². The van der Waals surface area contributed by atoms with Gasteiger partial charge in [0.15, 0.2) is 0 Å². The molecule has 0 radical (unpaired) electrons. The molecule has 1 heterocycles. The summed E-state index contributed by atoms with van der Waals surface area (Å²) in [7, 11) is -12.0. The molecule has 1 aliphatic heterocycles. The number of sulfonamides is 2. The molecule has 142 valence electrons. The van der Waals surface area contributed by atoms with E-state index < -0.39 is 50.3 Å². The summed E-state index contributed by atoms with van der Waals surface area (Å²) in [6.45, 7) is -2.69. The average molecular weight is 412 g/mol. The zero-order valence-electron chi connectivity index (χ0n) is 12.0. The maximum atomic E-state index is 12.8. The van der Waals surface area contributed by atoms with E-state index in [4.69, 9.17) is 0 Å². The Morgan fingerprint density at radius 3 is 1.76 bits per heavy atom. The minimum absolute atomic E-state index is 0.0739. The van der Waals surface area contributed by atoms with Crippen LogP contribution in [0.2, 0.25) is 0 Å². The van der Waals surface area contributed by atoms with Crippen LogP contribution in [0, 0.1) is 0 Å². The number of alkyl halides is 6. The first-order valence-corrected chi connectivity index (χ1v) is 9.27. The van der Waals surface area contributed by atoms with Gasteiger partial charge in [-0.1, -0.05) is 30.3 Å². The average Bonchev–Trinajstić information content (AvgIpc) is 2.92. The van der Waals surface area contributed by atoms with Gasteiger partial charge in [-0.3, -0.25) is 0 Å². The van der Waals surface area contributed by atoms with Crippen molar-refractivity contribution in [3.8, 4) is 0 Å². The van der Waals surface area contributed by atoms with Crippen molar-refractivity contribution < 1.29 is 43.2 Å². The molecule has 1 fully saturated rings. The summed E-state index contributed by atoms with van der Waals surface area (Å²) in [6, 6.07) is 4.74. The molecule has 1 aromatic rings. The Hall–Kier alpha value is -1.38. The number of nitrogens with zero attached hydrogens (tertiary/aromatic N) is 2. The Morgan fingerprint density at radius 2 is 1.32 bits per heavy atom. The highest BCUT2D eigenvalue weighted by molar-refractivity contribution is 7.90. The van der Waals surface area contributed by atoms with Crippen molar-refractivity contribution in [2.45, 2.75) is 17.1 Å². The predicted octanol–water partition coefficient (Wildman–Crippen LogP) is 2.00. The van der Waals surface area contributed by atoms with Gasteiger partial charge in [0, 0.05) is 6.54 Å². The largest absolute Gasteiger partial charge is 0.511 e. The highest BCUT2D eigenvalue weighted by atomic mass is 32.2. The summed E-state index contributed by atoms with van der Waals surface area (Å²) in [4.78, 5) is 0. The van der Waals surface area contributed by atoms with Gasteiger partial charge in [-0.15, -0.1) is 0 Å². The molecular weight excluding hydrogens is 402 g/mol. The fraction of sp³-hybridized carbons (Fsp3) is 0.455. The van der Waals surface area contributed by atoms with Crippen LogP contribution in [0.1, 0.15) is 11.6 Å². The van der Waals surface area contributed by atoms with Crippen molar-refractivity contribution in [1.82, 2.24) is 8.61 Å². The van der Waals surface area contributed by atoms with E-state index in [1.54, 1.807) is 0 Å². The molecule has 6 nitrogen and oxygen atoms in total. The molecule has 1 aromatic carbocycles. The third kappa shape index (κ3) is 3.47. The Balaban J connectivity index is 2.53. The van der Waals surface area contributed by atoms with E-state index >= 15 is 0 Å². The third-order valence-electron chi connectivity index (χ3n) is 3.44. The van der Waals surface area contributed by atoms with Gasteiger partial charge in [-0.2, -0.15) is 35.0 Å². The maximum absolute atomic E-state index is 12.8. The number of rotatable bonds is 3. The van der Waals surface area contributed by atoms with Gasteiger partial charge in [0.1, 0.15) is 0 Å². The van der Waals surface area contributed by atoms with Crippen molar-refractivity contribution in [3.63, 3.8) is 0 Å². The number of halogens is 6. The Kier molecular flexibility index (Phi) is 4.87. The molecule has 0 aliphatic carbocycles. The lowest BCUT2D eigenvalue weighted by atomic mass is 10.1. The molecule has 1 saturated heterocycles. The second-order valence-electron chi connectivity index (χ2n) is 4.99.